The number of carbonyl (C=O) groups excluding carboxylic acids is 1. The summed E-state index contributed by atoms with van der Waals surface area (Å²) in [6.07, 6.45) is 3.40. The zero-order chi connectivity index (χ0) is 24.4. The van der Waals surface area contributed by atoms with Gasteiger partial charge in [0.05, 0.1) is 37.9 Å². The Morgan fingerprint density at radius 3 is 2.31 bits per heavy atom. The third-order valence-corrected chi connectivity index (χ3v) is 6.54. The molecule has 4 aromatic rings. The van der Waals surface area contributed by atoms with E-state index in [0.717, 1.165) is 35.4 Å². The molecule has 0 unspecified atom stereocenters. The van der Waals surface area contributed by atoms with Crippen LogP contribution in [0.25, 0.3) is 22.6 Å². The first-order valence-corrected chi connectivity index (χ1v) is 11.6. The summed E-state index contributed by atoms with van der Waals surface area (Å²) in [4.78, 5) is 24.8. The molecule has 2 aromatic heterocycles. The molecule has 8 heteroatoms. The minimum absolute atomic E-state index is 0.0818. The Morgan fingerprint density at radius 2 is 1.63 bits per heavy atom. The number of hydrogen-bond acceptors (Lipinski definition) is 6. The molecule has 1 aliphatic rings. The molecular formula is C27H28N4O4. The number of benzene rings is 2. The van der Waals surface area contributed by atoms with Crippen molar-refractivity contribution in [3.8, 4) is 28.8 Å². The third-order valence-electron chi connectivity index (χ3n) is 6.54. The quantitative estimate of drug-likeness (QED) is 0.408. The Kier molecular flexibility index (Phi) is 6.27. The maximum Gasteiger partial charge on any atom is 0.257 e. The van der Waals surface area contributed by atoms with Crippen molar-refractivity contribution < 1.29 is 19.0 Å². The van der Waals surface area contributed by atoms with Crippen molar-refractivity contribution in [2.24, 2.45) is 0 Å². The second-order valence-electron chi connectivity index (χ2n) is 8.41. The fourth-order valence-electron chi connectivity index (χ4n) is 4.86. The molecule has 0 N–H and O–H groups in total. The van der Waals surface area contributed by atoms with E-state index in [0.29, 0.717) is 35.9 Å². The van der Waals surface area contributed by atoms with Crippen LogP contribution >= 0.6 is 0 Å². The lowest BCUT2D eigenvalue weighted by atomic mass is 10.0. The molecular weight excluding hydrogens is 444 g/mol. The Balaban J connectivity index is 1.42. The van der Waals surface area contributed by atoms with Crippen molar-refractivity contribution in [3.63, 3.8) is 0 Å². The number of amides is 1. The van der Waals surface area contributed by atoms with E-state index in [1.165, 1.54) is 14.2 Å². The summed E-state index contributed by atoms with van der Waals surface area (Å²) >= 11 is 0. The van der Waals surface area contributed by atoms with Crippen LogP contribution in [-0.2, 0) is 0 Å². The standard InChI is InChI=1S/C27H28N4O4/c1-33-23-12-11-19(24(34-2)25(23)35-3)27(32)30-16-13-18(14-17-30)31-22-10-5-4-8-20(22)29-26(31)21-9-6-7-15-28-21/h4-12,15,18H,13-14,16-17H2,1-3H3. The molecule has 8 nitrogen and oxygen atoms in total. The number of likely N-dealkylation sites (tertiary alicyclic amines) is 1. The molecule has 0 saturated carbocycles. The topological polar surface area (TPSA) is 78.7 Å². The molecule has 0 bridgehead atoms. The summed E-state index contributed by atoms with van der Waals surface area (Å²) < 4.78 is 18.6. The minimum atomic E-state index is -0.0818. The molecule has 0 aliphatic carbocycles. The average Bonchev–Trinajstić information content (AvgIpc) is 3.32. The molecule has 0 atom stereocenters. The Hall–Kier alpha value is -4.07. The predicted molar refractivity (Wildman–Crippen MR) is 133 cm³/mol. The number of fused-ring (bicyclic) bond motifs is 1. The highest BCUT2D eigenvalue weighted by atomic mass is 16.5. The first-order chi connectivity index (χ1) is 17.2. The lowest BCUT2D eigenvalue weighted by Crippen LogP contribution is -2.39. The Bertz CT molecular complexity index is 1340. The zero-order valence-corrected chi connectivity index (χ0v) is 20.1. The van der Waals surface area contributed by atoms with Crippen molar-refractivity contribution >= 4 is 16.9 Å². The van der Waals surface area contributed by atoms with E-state index in [2.05, 4.69) is 15.6 Å². The molecule has 1 saturated heterocycles. The van der Waals surface area contributed by atoms with E-state index in [1.54, 1.807) is 25.4 Å². The van der Waals surface area contributed by atoms with Crippen LogP contribution < -0.4 is 14.2 Å². The van der Waals surface area contributed by atoms with Gasteiger partial charge in [-0.25, -0.2) is 4.98 Å². The maximum atomic E-state index is 13.5. The van der Waals surface area contributed by atoms with Crippen LogP contribution in [0.15, 0.2) is 60.8 Å². The van der Waals surface area contributed by atoms with Gasteiger partial charge in [0.1, 0.15) is 5.69 Å². The van der Waals surface area contributed by atoms with E-state index in [9.17, 15) is 4.79 Å². The summed E-state index contributed by atoms with van der Waals surface area (Å²) in [5.41, 5.74) is 3.34. The molecule has 1 amide bonds. The summed E-state index contributed by atoms with van der Waals surface area (Å²) in [6.45, 7) is 1.24. The molecule has 180 valence electrons. The van der Waals surface area contributed by atoms with Crippen LogP contribution in [0.2, 0.25) is 0 Å². The number of piperidine rings is 1. The number of nitrogens with zero attached hydrogens (tertiary/aromatic N) is 4. The van der Waals surface area contributed by atoms with E-state index in [4.69, 9.17) is 19.2 Å². The highest BCUT2D eigenvalue weighted by Crippen LogP contribution is 2.41. The summed E-state index contributed by atoms with van der Waals surface area (Å²) in [5, 5.41) is 0. The Labute approximate surface area is 204 Å². The number of methoxy groups -OCH3 is 3. The number of ether oxygens (including phenoxy) is 3. The number of carbonyl (C=O) groups is 1. The van der Waals surface area contributed by atoms with Crippen LogP contribution in [0.3, 0.4) is 0 Å². The largest absolute Gasteiger partial charge is 0.493 e. The molecule has 1 aliphatic heterocycles. The molecule has 3 heterocycles. The molecule has 5 rings (SSSR count). The molecule has 2 aromatic carbocycles. The van der Waals surface area contributed by atoms with Crippen molar-refractivity contribution in [1.82, 2.24) is 19.4 Å². The van der Waals surface area contributed by atoms with Gasteiger partial charge in [-0.1, -0.05) is 18.2 Å². The number of pyridine rings is 1. The van der Waals surface area contributed by atoms with Gasteiger partial charge < -0.3 is 23.7 Å². The molecule has 35 heavy (non-hydrogen) atoms. The minimum Gasteiger partial charge on any atom is -0.493 e. The van der Waals surface area contributed by atoms with Gasteiger partial charge in [0.2, 0.25) is 5.75 Å². The van der Waals surface area contributed by atoms with Crippen molar-refractivity contribution in [2.45, 2.75) is 18.9 Å². The monoisotopic (exact) mass is 472 g/mol. The van der Waals surface area contributed by atoms with Gasteiger partial charge in [0, 0.05) is 25.3 Å². The smallest absolute Gasteiger partial charge is 0.257 e. The van der Waals surface area contributed by atoms with Crippen LogP contribution in [0.1, 0.15) is 29.2 Å². The zero-order valence-electron chi connectivity index (χ0n) is 20.1. The lowest BCUT2D eigenvalue weighted by Gasteiger charge is -2.34. The van der Waals surface area contributed by atoms with E-state index < -0.39 is 0 Å². The first-order valence-electron chi connectivity index (χ1n) is 11.6. The number of rotatable bonds is 6. The summed E-state index contributed by atoms with van der Waals surface area (Å²) in [7, 11) is 4.63. The van der Waals surface area contributed by atoms with Crippen LogP contribution in [0, 0.1) is 0 Å². The van der Waals surface area contributed by atoms with Crippen LogP contribution in [-0.4, -0.2) is 59.8 Å². The van der Waals surface area contributed by atoms with Gasteiger partial charge in [-0.2, -0.15) is 0 Å². The molecule has 1 fully saturated rings. The number of hydrogen-bond donors (Lipinski definition) is 0. The first kappa shape index (κ1) is 22.7. The van der Waals surface area contributed by atoms with Crippen LogP contribution in [0.4, 0.5) is 0 Å². The van der Waals surface area contributed by atoms with Crippen molar-refractivity contribution in [1.29, 1.82) is 0 Å². The van der Waals surface area contributed by atoms with Crippen molar-refractivity contribution in [2.75, 3.05) is 34.4 Å². The maximum absolute atomic E-state index is 13.5. The number of aromatic nitrogens is 3. The summed E-state index contributed by atoms with van der Waals surface area (Å²) in [5.74, 6) is 2.10. The van der Waals surface area contributed by atoms with Gasteiger partial charge in [-0.3, -0.25) is 9.78 Å². The second kappa shape index (κ2) is 9.66. The number of para-hydroxylation sites is 2. The third kappa shape index (κ3) is 4.05. The molecule has 0 spiro atoms. The number of imidazole rings is 1. The van der Waals surface area contributed by atoms with Crippen molar-refractivity contribution in [3.05, 3.63) is 66.4 Å². The van der Waals surface area contributed by atoms with Gasteiger partial charge in [0.25, 0.3) is 5.91 Å². The van der Waals surface area contributed by atoms with Gasteiger partial charge in [-0.05, 0) is 49.2 Å². The SMILES string of the molecule is COc1ccc(C(=O)N2CCC(n3c(-c4ccccn4)nc4ccccc43)CC2)c(OC)c1OC. The van der Waals surface area contributed by atoms with Gasteiger partial charge in [0.15, 0.2) is 17.3 Å². The van der Waals surface area contributed by atoms with E-state index in [1.807, 2.05) is 41.3 Å². The van der Waals surface area contributed by atoms with Gasteiger partial charge in [-0.15, -0.1) is 0 Å². The lowest BCUT2D eigenvalue weighted by molar-refractivity contribution is 0.0692. The highest BCUT2D eigenvalue weighted by molar-refractivity contribution is 5.98. The second-order valence-corrected chi connectivity index (χ2v) is 8.41. The fourth-order valence-corrected chi connectivity index (χ4v) is 4.86. The van der Waals surface area contributed by atoms with E-state index >= 15 is 0 Å². The summed E-state index contributed by atoms with van der Waals surface area (Å²) in [6, 6.07) is 17.7. The van der Waals surface area contributed by atoms with Crippen LogP contribution in [0.5, 0.6) is 17.2 Å². The molecule has 0 radical (unpaired) electrons. The van der Waals surface area contributed by atoms with Gasteiger partial charge >= 0.3 is 0 Å². The predicted octanol–water partition coefficient (Wildman–Crippen LogP) is 4.60. The average molecular weight is 473 g/mol. The van der Waals surface area contributed by atoms with E-state index in [-0.39, 0.29) is 11.9 Å². The highest BCUT2D eigenvalue weighted by Gasteiger charge is 2.30. The normalized spacial score (nSPS) is 14.2. The fraction of sp³-hybridized carbons (Fsp3) is 0.296. The Morgan fingerprint density at radius 1 is 0.886 bits per heavy atom.